The Bertz CT molecular complexity index is 246. The Balaban J connectivity index is 1.35. The minimum Gasteiger partial charge on any atom is -0.310 e. The maximum absolute atomic E-state index is 3.81. The van der Waals surface area contributed by atoms with Crippen LogP contribution >= 0.6 is 0 Å². The van der Waals surface area contributed by atoms with Gasteiger partial charge in [0.05, 0.1) is 0 Å². The molecule has 0 aromatic rings. The van der Waals surface area contributed by atoms with Crippen LogP contribution in [0.4, 0.5) is 0 Å². The molecule has 1 unspecified atom stereocenters. The van der Waals surface area contributed by atoms with E-state index in [9.17, 15) is 0 Å². The zero-order valence-electron chi connectivity index (χ0n) is 11.7. The van der Waals surface area contributed by atoms with Crippen LogP contribution in [0, 0.1) is 0 Å². The lowest BCUT2D eigenvalue weighted by Crippen LogP contribution is -2.48. The van der Waals surface area contributed by atoms with Crippen LogP contribution < -0.4 is 5.32 Å². The lowest BCUT2D eigenvalue weighted by molar-refractivity contribution is 0.148. The molecular weight excluding hydrogens is 222 g/mol. The van der Waals surface area contributed by atoms with Crippen molar-refractivity contribution in [2.75, 3.05) is 39.3 Å². The summed E-state index contributed by atoms with van der Waals surface area (Å²) in [6, 6.07) is 1.66. The van der Waals surface area contributed by atoms with Gasteiger partial charge in [0.15, 0.2) is 0 Å². The van der Waals surface area contributed by atoms with Crippen molar-refractivity contribution in [2.24, 2.45) is 0 Å². The molecule has 0 radical (unpaired) electrons. The molecule has 2 heterocycles. The molecule has 1 saturated carbocycles. The van der Waals surface area contributed by atoms with E-state index >= 15 is 0 Å². The van der Waals surface area contributed by atoms with Gasteiger partial charge in [-0.05, 0) is 58.2 Å². The highest BCUT2D eigenvalue weighted by atomic mass is 15.2. The van der Waals surface area contributed by atoms with Gasteiger partial charge in [0, 0.05) is 31.7 Å². The largest absolute Gasteiger partial charge is 0.310 e. The fourth-order valence-corrected chi connectivity index (χ4v) is 3.44. The Hall–Kier alpha value is -0.120. The zero-order valence-corrected chi connectivity index (χ0v) is 11.7. The van der Waals surface area contributed by atoms with Gasteiger partial charge in [-0.3, -0.25) is 0 Å². The average Bonchev–Trinajstić information content (AvgIpc) is 3.22. The van der Waals surface area contributed by atoms with Crippen LogP contribution in [0.25, 0.3) is 0 Å². The molecule has 1 atom stereocenters. The van der Waals surface area contributed by atoms with Gasteiger partial charge in [-0.15, -0.1) is 0 Å². The molecule has 2 aliphatic heterocycles. The van der Waals surface area contributed by atoms with Crippen molar-refractivity contribution < 1.29 is 0 Å². The van der Waals surface area contributed by atoms with Crippen molar-refractivity contribution in [1.82, 2.24) is 15.1 Å². The average molecular weight is 251 g/mol. The molecule has 1 aliphatic carbocycles. The van der Waals surface area contributed by atoms with Gasteiger partial charge in [-0.1, -0.05) is 6.42 Å². The topological polar surface area (TPSA) is 18.5 Å². The van der Waals surface area contributed by atoms with E-state index in [1.807, 2.05) is 0 Å². The van der Waals surface area contributed by atoms with E-state index in [2.05, 4.69) is 15.1 Å². The van der Waals surface area contributed by atoms with Gasteiger partial charge in [0.2, 0.25) is 0 Å². The van der Waals surface area contributed by atoms with Crippen LogP contribution in [0.2, 0.25) is 0 Å². The lowest BCUT2D eigenvalue weighted by Gasteiger charge is -2.35. The third-order valence-corrected chi connectivity index (χ3v) is 4.74. The Morgan fingerprint density at radius 2 is 1.44 bits per heavy atom. The summed E-state index contributed by atoms with van der Waals surface area (Å²) in [6.07, 6.45) is 9.93. The van der Waals surface area contributed by atoms with Crippen LogP contribution in [0.15, 0.2) is 0 Å². The molecular formula is C15H29N3. The number of hydrogen-bond acceptors (Lipinski definition) is 3. The van der Waals surface area contributed by atoms with Crippen LogP contribution in [0.5, 0.6) is 0 Å². The monoisotopic (exact) mass is 251 g/mol. The molecule has 0 aromatic carbocycles. The van der Waals surface area contributed by atoms with Crippen molar-refractivity contribution >= 4 is 0 Å². The minimum absolute atomic E-state index is 0.785. The molecule has 18 heavy (non-hydrogen) atoms. The highest BCUT2D eigenvalue weighted by molar-refractivity contribution is 4.88. The lowest BCUT2D eigenvalue weighted by atomic mass is 10.1. The zero-order chi connectivity index (χ0) is 12.2. The normalized spacial score (nSPS) is 31.7. The van der Waals surface area contributed by atoms with E-state index in [4.69, 9.17) is 0 Å². The molecule has 0 spiro atoms. The van der Waals surface area contributed by atoms with Gasteiger partial charge in [0.1, 0.15) is 0 Å². The maximum atomic E-state index is 3.81. The molecule has 3 aliphatic rings. The van der Waals surface area contributed by atoms with Gasteiger partial charge in [0.25, 0.3) is 0 Å². The fraction of sp³-hybridized carbons (Fsp3) is 1.00. The molecule has 104 valence electrons. The van der Waals surface area contributed by atoms with E-state index in [1.54, 1.807) is 0 Å². The summed E-state index contributed by atoms with van der Waals surface area (Å²) in [5.74, 6) is 0. The fourth-order valence-electron chi connectivity index (χ4n) is 3.44. The molecule has 3 heteroatoms. The molecule has 0 aromatic heterocycles. The Morgan fingerprint density at radius 1 is 0.722 bits per heavy atom. The summed E-state index contributed by atoms with van der Waals surface area (Å²) < 4.78 is 0. The number of rotatable bonds is 5. The van der Waals surface area contributed by atoms with Gasteiger partial charge in [-0.2, -0.15) is 0 Å². The van der Waals surface area contributed by atoms with E-state index in [-0.39, 0.29) is 0 Å². The van der Waals surface area contributed by atoms with Gasteiger partial charge < -0.3 is 15.1 Å². The second-order valence-electron chi connectivity index (χ2n) is 6.48. The molecule has 0 amide bonds. The summed E-state index contributed by atoms with van der Waals surface area (Å²) in [5.41, 5.74) is 0. The predicted octanol–water partition coefficient (Wildman–Crippen LogP) is 1.69. The maximum Gasteiger partial charge on any atom is 0.0198 e. The highest BCUT2D eigenvalue weighted by Crippen LogP contribution is 2.22. The minimum atomic E-state index is 0.785. The molecule has 0 bridgehead atoms. The number of likely N-dealkylation sites (tertiary alicyclic amines) is 2. The van der Waals surface area contributed by atoms with E-state index in [0.717, 1.165) is 12.1 Å². The van der Waals surface area contributed by atoms with Crippen molar-refractivity contribution in [3.63, 3.8) is 0 Å². The quantitative estimate of drug-likeness (QED) is 0.802. The van der Waals surface area contributed by atoms with Crippen molar-refractivity contribution in [1.29, 1.82) is 0 Å². The summed E-state index contributed by atoms with van der Waals surface area (Å²) in [5, 5.41) is 3.81. The SMILES string of the molecule is C1CCN(CCN2CCCC(NC3CC3)C2)CC1. The van der Waals surface area contributed by atoms with Gasteiger partial charge in [-0.25, -0.2) is 0 Å². The first-order valence-corrected chi connectivity index (χ1v) is 8.11. The first kappa shape index (κ1) is 12.9. The molecule has 3 fully saturated rings. The summed E-state index contributed by atoms with van der Waals surface area (Å²) in [6.45, 7) is 7.91. The van der Waals surface area contributed by atoms with Crippen LogP contribution in [-0.2, 0) is 0 Å². The summed E-state index contributed by atoms with van der Waals surface area (Å²) >= 11 is 0. The molecule has 3 nitrogen and oxygen atoms in total. The second-order valence-corrected chi connectivity index (χ2v) is 6.48. The standard InChI is InChI=1S/C15H29N3/c1-2-8-17(9-3-1)11-12-18-10-4-5-15(13-18)16-14-6-7-14/h14-16H,1-13H2. The first-order chi connectivity index (χ1) is 8.90. The second kappa shape index (κ2) is 6.36. The van der Waals surface area contributed by atoms with Crippen LogP contribution in [0.1, 0.15) is 44.9 Å². The number of piperidine rings is 2. The van der Waals surface area contributed by atoms with Crippen molar-refractivity contribution in [3.05, 3.63) is 0 Å². The number of hydrogen-bond donors (Lipinski definition) is 1. The third kappa shape index (κ3) is 3.94. The van der Waals surface area contributed by atoms with E-state index < -0.39 is 0 Å². The van der Waals surface area contributed by atoms with Crippen LogP contribution in [0.3, 0.4) is 0 Å². The predicted molar refractivity (Wildman–Crippen MR) is 75.9 cm³/mol. The smallest absolute Gasteiger partial charge is 0.0198 e. The van der Waals surface area contributed by atoms with Crippen molar-refractivity contribution in [2.45, 2.75) is 57.0 Å². The van der Waals surface area contributed by atoms with Crippen LogP contribution in [-0.4, -0.2) is 61.2 Å². The molecule has 3 rings (SSSR count). The highest BCUT2D eigenvalue weighted by Gasteiger charge is 2.27. The number of nitrogens with zero attached hydrogens (tertiary/aromatic N) is 2. The summed E-state index contributed by atoms with van der Waals surface area (Å²) in [4.78, 5) is 5.36. The number of nitrogens with one attached hydrogen (secondary N) is 1. The summed E-state index contributed by atoms with van der Waals surface area (Å²) in [7, 11) is 0. The van der Waals surface area contributed by atoms with E-state index in [1.165, 1.54) is 84.2 Å². The van der Waals surface area contributed by atoms with E-state index in [0.29, 0.717) is 0 Å². The molecule has 1 N–H and O–H groups in total. The van der Waals surface area contributed by atoms with Gasteiger partial charge >= 0.3 is 0 Å². The Morgan fingerprint density at radius 3 is 2.22 bits per heavy atom. The Kier molecular flexibility index (Phi) is 4.55. The Labute approximate surface area is 112 Å². The van der Waals surface area contributed by atoms with Crippen molar-refractivity contribution in [3.8, 4) is 0 Å². The first-order valence-electron chi connectivity index (χ1n) is 8.11. The third-order valence-electron chi connectivity index (χ3n) is 4.74. The molecule has 2 saturated heterocycles.